The summed E-state index contributed by atoms with van der Waals surface area (Å²) in [5.41, 5.74) is 0.861. The Kier molecular flexibility index (Phi) is 4.88. The molecule has 1 aliphatic heterocycles. The van der Waals surface area contributed by atoms with Crippen LogP contribution in [0.3, 0.4) is 0 Å². The quantitative estimate of drug-likeness (QED) is 0.777. The van der Waals surface area contributed by atoms with Gasteiger partial charge in [-0.3, -0.25) is 0 Å². The van der Waals surface area contributed by atoms with Gasteiger partial charge in [0.2, 0.25) is 0 Å². The highest BCUT2D eigenvalue weighted by Crippen LogP contribution is 2.45. The van der Waals surface area contributed by atoms with Crippen LogP contribution in [0.5, 0.6) is 0 Å². The van der Waals surface area contributed by atoms with Gasteiger partial charge in [-0.05, 0) is 31.5 Å². The summed E-state index contributed by atoms with van der Waals surface area (Å²) in [5.74, 6) is -0.675. The van der Waals surface area contributed by atoms with Crippen molar-refractivity contribution in [3.05, 3.63) is 46.1 Å². The summed E-state index contributed by atoms with van der Waals surface area (Å²) < 4.78 is 46.7. The number of alkyl halides is 3. The number of aromatic nitrogens is 2. The minimum atomic E-state index is -4.51. The Bertz CT molecular complexity index is 818. The maximum absolute atomic E-state index is 13.6. The van der Waals surface area contributed by atoms with E-state index in [0.29, 0.717) is 10.6 Å². The maximum Gasteiger partial charge on any atom is 0.410 e. The highest BCUT2D eigenvalue weighted by atomic mass is 35.5. The van der Waals surface area contributed by atoms with E-state index < -0.39 is 24.2 Å². The molecule has 0 bridgehead atoms. The molecule has 3 rings (SSSR count). The number of benzene rings is 1. The van der Waals surface area contributed by atoms with E-state index in [0.717, 1.165) is 4.68 Å². The molecule has 2 heterocycles. The number of halogens is 4. The smallest absolute Gasteiger partial charge is 0.410 e. The van der Waals surface area contributed by atoms with Gasteiger partial charge in [0, 0.05) is 11.4 Å². The largest absolute Gasteiger partial charge is 0.462 e. The minimum absolute atomic E-state index is 0.0227. The highest BCUT2D eigenvalue weighted by Gasteiger charge is 2.48. The van der Waals surface area contributed by atoms with E-state index in [1.165, 1.54) is 6.92 Å². The third kappa shape index (κ3) is 3.38. The standard InChI is InChI=1S/C17H17ClF3N3O2/c1-3-26-16(25)14-9(2)23-24-13(17(19,20)21)8-12(22-15(14)24)10-4-6-11(18)7-5-10/h4-7,12-13,22H,3,8H2,1-2H3/t12-,13+/m1/s1. The summed E-state index contributed by atoms with van der Waals surface area (Å²) in [5, 5.41) is 7.47. The first-order valence-corrected chi connectivity index (χ1v) is 8.45. The molecule has 9 heteroatoms. The van der Waals surface area contributed by atoms with E-state index in [-0.39, 0.29) is 30.1 Å². The molecule has 140 valence electrons. The summed E-state index contributed by atoms with van der Waals surface area (Å²) in [6.07, 6.45) is -4.76. The molecule has 0 saturated heterocycles. The van der Waals surface area contributed by atoms with Crippen molar-refractivity contribution in [3.63, 3.8) is 0 Å². The molecule has 1 aromatic carbocycles. The van der Waals surface area contributed by atoms with Crippen LogP contribution in [-0.4, -0.2) is 28.5 Å². The zero-order chi connectivity index (χ0) is 19.1. The number of hydrogen-bond donors (Lipinski definition) is 1. The van der Waals surface area contributed by atoms with Crippen LogP contribution < -0.4 is 5.32 Å². The summed E-state index contributed by atoms with van der Waals surface area (Å²) >= 11 is 5.86. The molecule has 0 saturated carbocycles. The second-order valence-electron chi connectivity index (χ2n) is 6.02. The number of nitrogens with one attached hydrogen (secondary N) is 1. The average molecular weight is 388 g/mol. The number of nitrogens with zero attached hydrogens (tertiary/aromatic N) is 2. The van der Waals surface area contributed by atoms with Crippen LogP contribution in [0.2, 0.25) is 5.02 Å². The van der Waals surface area contributed by atoms with Crippen molar-refractivity contribution in [2.45, 2.75) is 38.5 Å². The molecule has 1 aliphatic rings. The number of anilines is 1. The Labute approximate surface area is 153 Å². The number of esters is 1. The van der Waals surface area contributed by atoms with Crippen LogP contribution in [0.25, 0.3) is 0 Å². The molecular formula is C17H17ClF3N3O2. The molecule has 0 amide bonds. The zero-order valence-electron chi connectivity index (χ0n) is 14.1. The van der Waals surface area contributed by atoms with Crippen molar-refractivity contribution < 1.29 is 22.7 Å². The maximum atomic E-state index is 13.6. The van der Waals surface area contributed by atoms with Crippen LogP contribution in [0.15, 0.2) is 24.3 Å². The number of carbonyl (C=O) groups excluding carboxylic acids is 1. The van der Waals surface area contributed by atoms with Crippen molar-refractivity contribution in [1.29, 1.82) is 0 Å². The van der Waals surface area contributed by atoms with E-state index in [1.54, 1.807) is 31.2 Å². The van der Waals surface area contributed by atoms with Crippen LogP contribution in [0, 0.1) is 6.92 Å². The van der Waals surface area contributed by atoms with E-state index in [1.807, 2.05) is 0 Å². The highest BCUT2D eigenvalue weighted by molar-refractivity contribution is 6.30. The van der Waals surface area contributed by atoms with Crippen LogP contribution in [0.4, 0.5) is 19.0 Å². The first-order chi connectivity index (χ1) is 12.2. The Balaban J connectivity index is 2.08. The second-order valence-corrected chi connectivity index (χ2v) is 6.45. The van der Waals surface area contributed by atoms with Crippen molar-refractivity contribution in [3.8, 4) is 0 Å². The molecular weight excluding hydrogens is 371 g/mol. The molecule has 0 radical (unpaired) electrons. The number of rotatable bonds is 3. The Morgan fingerprint density at radius 3 is 2.62 bits per heavy atom. The van der Waals surface area contributed by atoms with Gasteiger partial charge in [-0.1, -0.05) is 23.7 Å². The van der Waals surface area contributed by atoms with Gasteiger partial charge in [0.15, 0.2) is 6.04 Å². The van der Waals surface area contributed by atoms with Crippen LogP contribution >= 0.6 is 11.6 Å². The fourth-order valence-corrected chi connectivity index (χ4v) is 3.22. The Morgan fingerprint density at radius 1 is 1.38 bits per heavy atom. The molecule has 2 aromatic rings. The predicted octanol–water partition coefficient (Wildman–Crippen LogP) is 4.68. The Hall–Kier alpha value is -2.22. The first-order valence-electron chi connectivity index (χ1n) is 8.07. The lowest BCUT2D eigenvalue weighted by atomic mass is 9.96. The summed E-state index contributed by atoms with van der Waals surface area (Å²) in [6.45, 7) is 3.24. The van der Waals surface area contributed by atoms with Crippen LogP contribution in [-0.2, 0) is 4.74 Å². The fourth-order valence-electron chi connectivity index (χ4n) is 3.09. The number of carbonyl (C=O) groups is 1. The molecule has 2 atom stereocenters. The van der Waals surface area contributed by atoms with Gasteiger partial charge in [-0.2, -0.15) is 18.3 Å². The SMILES string of the molecule is CCOC(=O)c1c(C)nn2c1N[C@@H](c1ccc(Cl)cc1)C[C@H]2C(F)(F)F. The normalized spacial score (nSPS) is 19.6. The van der Waals surface area contributed by atoms with Gasteiger partial charge in [-0.15, -0.1) is 0 Å². The summed E-state index contributed by atoms with van der Waals surface area (Å²) in [7, 11) is 0. The van der Waals surface area contributed by atoms with Gasteiger partial charge >= 0.3 is 12.1 Å². The lowest BCUT2D eigenvalue weighted by Gasteiger charge is -2.34. The third-order valence-corrected chi connectivity index (χ3v) is 4.53. The van der Waals surface area contributed by atoms with Gasteiger partial charge in [0.05, 0.1) is 18.3 Å². The average Bonchev–Trinajstić information content (AvgIpc) is 2.89. The minimum Gasteiger partial charge on any atom is -0.462 e. The molecule has 0 aliphatic carbocycles. The zero-order valence-corrected chi connectivity index (χ0v) is 14.9. The molecule has 5 nitrogen and oxygen atoms in total. The lowest BCUT2D eigenvalue weighted by Crippen LogP contribution is -2.36. The van der Waals surface area contributed by atoms with E-state index >= 15 is 0 Å². The Morgan fingerprint density at radius 2 is 2.04 bits per heavy atom. The second kappa shape index (κ2) is 6.83. The molecule has 0 fully saturated rings. The van der Waals surface area contributed by atoms with E-state index in [9.17, 15) is 18.0 Å². The lowest BCUT2D eigenvalue weighted by molar-refractivity contribution is -0.173. The van der Waals surface area contributed by atoms with Gasteiger partial charge < -0.3 is 10.1 Å². The monoisotopic (exact) mass is 387 g/mol. The van der Waals surface area contributed by atoms with Gasteiger partial charge in [-0.25, -0.2) is 9.48 Å². The topological polar surface area (TPSA) is 56.1 Å². The van der Waals surface area contributed by atoms with Crippen LogP contribution in [0.1, 0.15) is 47.0 Å². The molecule has 0 spiro atoms. The van der Waals surface area contributed by atoms with Crippen molar-refractivity contribution in [1.82, 2.24) is 9.78 Å². The van der Waals surface area contributed by atoms with Crippen molar-refractivity contribution in [2.75, 3.05) is 11.9 Å². The van der Waals surface area contributed by atoms with Gasteiger partial charge in [0.25, 0.3) is 0 Å². The summed E-state index contributed by atoms with van der Waals surface area (Å²) in [6, 6.07) is 4.07. The molecule has 1 aromatic heterocycles. The molecule has 26 heavy (non-hydrogen) atoms. The molecule has 0 unspecified atom stereocenters. The van der Waals surface area contributed by atoms with Crippen molar-refractivity contribution in [2.24, 2.45) is 0 Å². The van der Waals surface area contributed by atoms with E-state index in [4.69, 9.17) is 16.3 Å². The fraction of sp³-hybridized carbons (Fsp3) is 0.412. The van der Waals surface area contributed by atoms with Gasteiger partial charge in [0.1, 0.15) is 11.4 Å². The third-order valence-electron chi connectivity index (χ3n) is 4.28. The predicted molar refractivity (Wildman–Crippen MR) is 90.4 cm³/mol. The number of ether oxygens (including phenoxy) is 1. The number of aryl methyl sites for hydroxylation is 1. The van der Waals surface area contributed by atoms with Crippen molar-refractivity contribution >= 4 is 23.4 Å². The number of hydrogen-bond acceptors (Lipinski definition) is 4. The first kappa shape index (κ1) is 18.6. The summed E-state index contributed by atoms with van der Waals surface area (Å²) in [4.78, 5) is 12.2. The number of fused-ring (bicyclic) bond motifs is 1. The van der Waals surface area contributed by atoms with E-state index in [2.05, 4.69) is 10.4 Å². The molecule has 1 N–H and O–H groups in total.